The number of hydrogen-bond acceptors (Lipinski definition) is 2. The second kappa shape index (κ2) is 5.78. The molecule has 4 heteroatoms. The summed E-state index contributed by atoms with van der Waals surface area (Å²) in [6.45, 7) is 0.401. The van der Waals surface area contributed by atoms with E-state index in [1.807, 2.05) is 24.3 Å². The molecule has 1 amide bonds. The molecular weight excluding hydrogens is 246 g/mol. The molecule has 0 saturated heterocycles. The van der Waals surface area contributed by atoms with Gasteiger partial charge in [-0.15, -0.1) is 0 Å². The van der Waals surface area contributed by atoms with E-state index in [1.165, 1.54) is 0 Å². The summed E-state index contributed by atoms with van der Waals surface area (Å²) >= 11 is 3.33. The molecule has 0 unspecified atom stereocenters. The van der Waals surface area contributed by atoms with E-state index in [1.54, 1.807) is 0 Å². The van der Waals surface area contributed by atoms with Crippen LogP contribution in [0.3, 0.4) is 0 Å². The second-order valence-electron chi connectivity index (χ2n) is 2.88. The lowest BCUT2D eigenvalue weighted by atomic mass is 10.2. The summed E-state index contributed by atoms with van der Waals surface area (Å²) in [5.74, 6) is -0.129. The van der Waals surface area contributed by atoms with Crippen LogP contribution in [0.4, 0.5) is 0 Å². The highest BCUT2D eigenvalue weighted by molar-refractivity contribution is 9.10. The molecule has 14 heavy (non-hydrogen) atoms. The number of nitrogens with one attached hydrogen (secondary N) is 1. The number of halogens is 1. The Bertz CT molecular complexity index is 297. The molecule has 0 heterocycles. The third-order valence-corrected chi connectivity index (χ3v) is 2.27. The Morgan fingerprint density at radius 2 is 2.00 bits per heavy atom. The van der Waals surface area contributed by atoms with Crippen LogP contribution in [0.2, 0.25) is 0 Å². The highest BCUT2D eigenvalue weighted by atomic mass is 79.9. The zero-order valence-corrected chi connectivity index (χ0v) is 9.25. The normalized spacial score (nSPS) is 9.86. The van der Waals surface area contributed by atoms with Crippen LogP contribution in [-0.2, 0) is 11.3 Å². The number of aliphatic hydroxyl groups excluding tert-OH is 1. The Kier molecular flexibility index (Phi) is 4.62. The Morgan fingerprint density at radius 3 is 2.57 bits per heavy atom. The summed E-state index contributed by atoms with van der Waals surface area (Å²) < 4.78 is 1.02. The second-order valence-corrected chi connectivity index (χ2v) is 3.79. The fraction of sp³-hybridized carbons (Fsp3) is 0.300. The van der Waals surface area contributed by atoms with Gasteiger partial charge in [0.05, 0.1) is 6.61 Å². The van der Waals surface area contributed by atoms with Gasteiger partial charge in [-0.25, -0.2) is 0 Å². The van der Waals surface area contributed by atoms with Crippen molar-refractivity contribution >= 4 is 21.8 Å². The van der Waals surface area contributed by atoms with E-state index in [0.717, 1.165) is 10.0 Å². The first-order valence-corrected chi connectivity index (χ1v) is 5.13. The van der Waals surface area contributed by atoms with Gasteiger partial charge >= 0.3 is 0 Å². The molecule has 0 aromatic heterocycles. The fourth-order valence-electron chi connectivity index (χ4n) is 0.993. The minimum absolute atomic E-state index is 0.105. The molecule has 0 aliphatic heterocycles. The van der Waals surface area contributed by atoms with Crippen LogP contribution in [-0.4, -0.2) is 17.6 Å². The highest BCUT2D eigenvalue weighted by Crippen LogP contribution is 2.10. The molecule has 1 rings (SSSR count). The Morgan fingerprint density at radius 1 is 1.36 bits per heavy atom. The van der Waals surface area contributed by atoms with Crippen LogP contribution in [0.15, 0.2) is 28.7 Å². The van der Waals surface area contributed by atoms with Crippen molar-refractivity contribution < 1.29 is 9.90 Å². The predicted molar refractivity (Wildman–Crippen MR) is 57.7 cm³/mol. The van der Waals surface area contributed by atoms with Crippen LogP contribution in [0.1, 0.15) is 12.0 Å². The van der Waals surface area contributed by atoms with Crippen molar-refractivity contribution in [2.75, 3.05) is 6.61 Å². The molecule has 1 aromatic carbocycles. The number of amides is 1. The lowest BCUT2D eigenvalue weighted by Gasteiger charge is -2.03. The van der Waals surface area contributed by atoms with Gasteiger partial charge in [-0.3, -0.25) is 4.79 Å². The average molecular weight is 258 g/mol. The van der Waals surface area contributed by atoms with E-state index >= 15 is 0 Å². The lowest BCUT2D eigenvalue weighted by Crippen LogP contribution is -2.23. The standard InChI is InChI=1S/C10H12BrNO2/c11-9-3-1-8(2-4-9)7-12-10(14)5-6-13/h1-4,13H,5-7H2,(H,12,14). The van der Waals surface area contributed by atoms with Gasteiger partial charge in [0.2, 0.25) is 5.91 Å². The van der Waals surface area contributed by atoms with Gasteiger partial charge < -0.3 is 10.4 Å². The van der Waals surface area contributed by atoms with Crippen molar-refractivity contribution in [3.63, 3.8) is 0 Å². The molecule has 0 bridgehead atoms. The number of aliphatic hydroxyl groups is 1. The quantitative estimate of drug-likeness (QED) is 0.858. The number of rotatable bonds is 4. The first-order chi connectivity index (χ1) is 6.72. The maximum atomic E-state index is 11.0. The molecule has 0 spiro atoms. The number of carbonyl (C=O) groups is 1. The Labute approximate surface area is 91.3 Å². The molecule has 0 saturated carbocycles. The molecular formula is C10H12BrNO2. The lowest BCUT2D eigenvalue weighted by molar-refractivity contribution is -0.121. The van der Waals surface area contributed by atoms with Crippen molar-refractivity contribution in [2.45, 2.75) is 13.0 Å². The first kappa shape index (κ1) is 11.2. The highest BCUT2D eigenvalue weighted by Gasteiger charge is 1.99. The van der Waals surface area contributed by atoms with Crippen molar-refractivity contribution in [1.29, 1.82) is 0 Å². The van der Waals surface area contributed by atoms with Crippen LogP contribution in [0, 0.1) is 0 Å². The molecule has 76 valence electrons. The third-order valence-electron chi connectivity index (χ3n) is 1.74. The molecule has 1 aromatic rings. The summed E-state index contributed by atoms with van der Waals surface area (Å²) in [4.78, 5) is 11.0. The minimum Gasteiger partial charge on any atom is -0.396 e. The zero-order chi connectivity index (χ0) is 10.4. The van der Waals surface area contributed by atoms with E-state index in [2.05, 4.69) is 21.2 Å². The van der Waals surface area contributed by atoms with E-state index in [-0.39, 0.29) is 18.9 Å². The SMILES string of the molecule is O=C(CCO)NCc1ccc(Br)cc1. The number of carbonyl (C=O) groups excluding carboxylic acids is 1. The van der Waals surface area contributed by atoms with E-state index in [0.29, 0.717) is 6.54 Å². The van der Waals surface area contributed by atoms with Gasteiger partial charge in [-0.1, -0.05) is 28.1 Å². The maximum Gasteiger partial charge on any atom is 0.222 e. The van der Waals surface area contributed by atoms with E-state index in [4.69, 9.17) is 5.11 Å². The molecule has 0 aliphatic carbocycles. The molecule has 0 atom stereocenters. The summed E-state index contributed by atoms with van der Waals surface area (Å²) in [6.07, 6.45) is 0.163. The van der Waals surface area contributed by atoms with Gasteiger partial charge in [0, 0.05) is 17.4 Å². The van der Waals surface area contributed by atoms with Gasteiger partial charge in [0.1, 0.15) is 0 Å². The Hall–Kier alpha value is -0.870. The largest absolute Gasteiger partial charge is 0.396 e. The Balaban J connectivity index is 2.38. The monoisotopic (exact) mass is 257 g/mol. The van der Waals surface area contributed by atoms with Crippen LogP contribution >= 0.6 is 15.9 Å². The maximum absolute atomic E-state index is 11.0. The van der Waals surface area contributed by atoms with Gasteiger partial charge in [-0.2, -0.15) is 0 Å². The molecule has 0 fully saturated rings. The smallest absolute Gasteiger partial charge is 0.222 e. The van der Waals surface area contributed by atoms with Crippen LogP contribution in [0.5, 0.6) is 0 Å². The van der Waals surface area contributed by atoms with Gasteiger partial charge in [0.25, 0.3) is 0 Å². The molecule has 0 radical (unpaired) electrons. The van der Waals surface area contributed by atoms with Gasteiger partial charge in [-0.05, 0) is 17.7 Å². The zero-order valence-electron chi connectivity index (χ0n) is 7.66. The summed E-state index contributed by atoms with van der Waals surface area (Å²) in [5.41, 5.74) is 1.04. The molecule has 2 N–H and O–H groups in total. The topological polar surface area (TPSA) is 49.3 Å². The third kappa shape index (κ3) is 3.89. The van der Waals surface area contributed by atoms with Crippen LogP contribution in [0.25, 0.3) is 0 Å². The van der Waals surface area contributed by atoms with Gasteiger partial charge in [0.15, 0.2) is 0 Å². The van der Waals surface area contributed by atoms with Crippen molar-refractivity contribution in [3.8, 4) is 0 Å². The number of benzene rings is 1. The summed E-state index contributed by atoms with van der Waals surface area (Å²) in [5, 5.41) is 11.2. The number of hydrogen-bond donors (Lipinski definition) is 2. The van der Waals surface area contributed by atoms with Crippen molar-refractivity contribution in [2.24, 2.45) is 0 Å². The average Bonchev–Trinajstić information content (AvgIpc) is 2.17. The summed E-state index contributed by atoms with van der Waals surface area (Å²) in [7, 11) is 0. The fourth-order valence-corrected chi connectivity index (χ4v) is 1.26. The molecule has 0 aliphatic rings. The summed E-state index contributed by atoms with van der Waals surface area (Å²) in [6, 6.07) is 7.72. The van der Waals surface area contributed by atoms with Crippen LogP contribution < -0.4 is 5.32 Å². The minimum atomic E-state index is -0.129. The molecule has 3 nitrogen and oxygen atoms in total. The predicted octanol–water partition coefficient (Wildman–Crippen LogP) is 1.45. The first-order valence-electron chi connectivity index (χ1n) is 4.34. The van der Waals surface area contributed by atoms with Crippen molar-refractivity contribution in [3.05, 3.63) is 34.3 Å². The van der Waals surface area contributed by atoms with Crippen molar-refractivity contribution in [1.82, 2.24) is 5.32 Å². The van der Waals surface area contributed by atoms with E-state index in [9.17, 15) is 4.79 Å². The van der Waals surface area contributed by atoms with E-state index < -0.39 is 0 Å².